The lowest BCUT2D eigenvalue weighted by Gasteiger charge is -2.34. The van der Waals surface area contributed by atoms with Gasteiger partial charge in [0, 0.05) is 17.6 Å². The minimum absolute atomic E-state index is 0.292. The van der Waals surface area contributed by atoms with Gasteiger partial charge in [-0.15, -0.1) is 0 Å². The topological polar surface area (TPSA) is 40.5 Å². The monoisotopic (exact) mass is 343 g/mol. The van der Waals surface area contributed by atoms with E-state index in [2.05, 4.69) is 20.8 Å². The van der Waals surface area contributed by atoms with Crippen LogP contribution in [0.15, 0.2) is 16.6 Å². The summed E-state index contributed by atoms with van der Waals surface area (Å²) in [6.45, 7) is 1.88. The summed E-state index contributed by atoms with van der Waals surface area (Å²) < 4.78 is 0.751. The first-order valence-electron chi connectivity index (χ1n) is 6.48. The van der Waals surface area contributed by atoms with E-state index in [4.69, 9.17) is 11.6 Å². The van der Waals surface area contributed by atoms with Crippen molar-refractivity contribution in [3.63, 3.8) is 0 Å². The number of hydrogen-bond donors (Lipinski definition) is 1. The summed E-state index contributed by atoms with van der Waals surface area (Å²) in [6, 6.07) is 3.36. The Labute approximate surface area is 125 Å². The molecule has 1 heterocycles. The number of benzene rings is 1. The van der Waals surface area contributed by atoms with E-state index in [1.165, 1.54) is 31.7 Å². The second-order valence-electron chi connectivity index (χ2n) is 5.58. The Bertz CT molecular complexity index is 532. The summed E-state index contributed by atoms with van der Waals surface area (Å²) in [5.74, 6) is -0.920. The van der Waals surface area contributed by atoms with Crippen LogP contribution in [0.2, 0.25) is 5.02 Å². The first kappa shape index (κ1) is 13.3. The van der Waals surface area contributed by atoms with Crippen molar-refractivity contribution in [3.05, 3.63) is 27.2 Å². The lowest BCUT2D eigenvalue weighted by atomic mass is 9.93. The molecular formula is C14H15BrClNO2. The number of nitrogens with zero attached hydrogens (tertiary/aromatic N) is 1. The maximum absolute atomic E-state index is 11.4. The highest BCUT2D eigenvalue weighted by Crippen LogP contribution is 2.54. The van der Waals surface area contributed by atoms with Crippen LogP contribution < -0.4 is 4.90 Å². The van der Waals surface area contributed by atoms with Gasteiger partial charge in [-0.2, -0.15) is 0 Å². The molecule has 0 aromatic heterocycles. The zero-order chi connectivity index (χ0) is 13.6. The van der Waals surface area contributed by atoms with Gasteiger partial charge in [0.1, 0.15) is 0 Å². The second kappa shape index (κ2) is 4.67. The maximum atomic E-state index is 11.4. The van der Waals surface area contributed by atoms with Crippen molar-refractivity contribution in [1.29, 1.82) is 0 Å². The van der Waals surface area contributed by atoms with Gasteiger partial charge < -0.3 is 10.0 Å². The zero-order valence-corrected chi connectivity index (χ0v) is 12.8. The molecule has 1 saturated carbocycles. The second-order valence-corrected chi connectivity index (χ2v) is 6.84. The van der Waals surface area contributed by atoms with Gasteiger partial charge in [-0.05, 0) is 59.2 Å². The van der Waals surface area contributed by atoms with Crippen LogP contribution in [0.25, 0.3) is 0 Å². The van der Waals surface area contributed by atoms with Crippen LogP contribution in [0, 0.1) is 5.41 Å². The third-order valence-electron chi connectivity index (χ3n) is 4.39. The van der Waals surface area contributed by atoms with E-state index in [1.807, 2.05) is 6.07 Å². The van der Waals surface area contributed by atoms with Crippen LogP contribution >= 0.6 is 27.5 Å². The van der Waals surface area contributed by atoms with E-state index in [1.54, 1.807) is 0 Å². The molecule has 3 rings (SSSR count). The standard InChI is InChI=1S/C14H15BrClNO2/c15-10-8-12(9(13(18)19)7-11(10)16)17-5-3-14(1-2-14)4-6-17/h7-8H,1-6H2,(H,18,19). The van der Waals surface area contributed by atoms with Crippen molar-refractivity contribution < 1.29 is 9.90 Å². The Morgan fingerprint density at radius 1 is 1.26 bits per heavy atom. The van der Waals surface area contributed by atoms with E-state index in [0.717, 1.165) is 23.2 Å². The van der Waals surface area contributed by atoms with Crippen molar-refractivity contribution in [2.45, 2.75) is 25.7 Å². The summed E-state index contributed by atoms with van der Waals surface area (Å²) in [6.07, 6.45) is 5.03. The van der Waals surface area contributed by atoms with Crippen LogP contribution in [-0.4, -0.2) is 24.2 Å². The number of aromatic carboxylic acids is 1. The average molecular weight is 345 g/mol. The summed E-state index contributed by atoms with van der Waals surface area (Å²) in [7, 11) is 0. The van der Waals surface area contributed by atoms with Crippen LogP contribution in [0.4, 0.5) is 5.69 Å². The fourth-order valence-corrected chi connectivity index (χ4v) is 3.36. The zero-order valence-electron chi connectivity index (χ0n) is 10.5. The molecule has 1 saturated heterocycles. The van der Waals surface area contributed by atoms with E-state index in [9.17, 15) is 9.90 Å². The molecule has 0 radical (unpaired) electrons. The summed E-state index contributed by atoms with van der Waals surface area (Å²) >= 11 is 9.37. The van der Waals surface area contributed by atoms with Crippen molar-refractivity contribution >= 4 is 39.2 Å². The predicted molar refractivity (Wildman–Crippen MR) is 79.2 cm³/mol. The van der Waals surface area contributed by atoms with Crippen molar-refractivity contribution in [2.24, 2.45) is 5.41 Å². The fraction of sp³-hybridized carbons (Fsp3) is 0.500. The van der Waals surface area contributed by atoms with Gasteiger partial charge in [-0.1, -0.05) is 11.6 Å². The first-order chi connectivity index (χ1) is 9.01. The molecule has 0 amide bonds. The number of carbonyl (C=O) groups is 1. The SMILES string of the molecule is O=C(O)c1cc(Cl)c(Br)cc1N1CCC2(CC1)CC2. The molecule has 1 aliphatic heterocycles. The minimum Gasteiger partial charge on any atom is -0.478 e. The lowest BCUT2D eigenvalue weighted by Crippen LogP contribution is -2.35. The smallest absolute Gasteiger partial charge is 0.337 e. The Balaban J connectivity index is 1.90. The molecule has 1 N–H and O–H groups in total. The minimum atomic E-state index is -0.920. The number of hydrogen-bond acceptors (Lipinski definition) is 2. The summed E-state index contributed by atoms with van der Waals surface area (Å²) in [5.41, 5.74) is 1.66. The number of rotatable bonds is 2. The molecule has 0 bridgehead atoms. The number of piperidine rings is 1. The maximum Gasteiger partial charge on any atom is 0.337 e. The molecule has 1 aromatic rings. The third-order valence-corrected chi connectivity index (χ3v) is 5.59. The van der Waals surface area contributed by atoms with Gasteiger partial charge >= 0.3 is 5.97 Å². The summed E-state index contributed by atoms with van der Waals surface area (Å²) in [5, 5.41) is 9.77. The van der Waals surface area contributed by atoms with Gasteiger partial charge in [0.25, 0.3) is 0 Å². The molecule has 1 spiro atoms. The van der Waals surface area contributed by atoms with Gasteiger partial charge in [-0.25, -0.2) is 4.79 Å². The van der Waals surface area contributed by atoms with E-state index < -0.39 is 5.97 Å². The Morgan fingerprint density at radius 3 is 2.42 bits per heavy atom. The molecule has 0 atom stereocenters. The number of carboxylic acid groups (broad SMARTS) is 1. The van der Waals surface area contributed by atoms with E-state index >= 15 is 0 Å². The predicted octanol–water partition coefficient (Wildman–Crippen LogP) is 4.18. The molecule has 2 fully saturated rings. The van der Waals surface area contributed by atoms with Gasteiger partial charge in [0.15, 0.2) is 0 Å². The molecule has 19 heavy (non-hydrogen) atoms. The average Bonchev–Trinajstić information content (AvgIpc) is 3.13. The molecule has 102 valence electrons. The van der Waals surface area contributed by atoms with E-state index in [0.29, 0.717) is 16.0 Å². The van der Waals surface area contributed by atoms with Crippen LogP contribution in [0.5, 0.6) is 0 Å². The van der Waals surface area contributed by atoms with Crippen LogP contribution in [0.1, 0.15) is 36.0 Å². The van der Waals surface area contributed by atoms with Gasteiger partial charge in [-0.3, -0.25) is 0 Å². The Hall–Kier alpha value is -0.740. The van der Waals surface area contributed by atoms with E-state index in [-0.39, 0.29) is 0 Å². The fourth-order valence-electron chi connectivity index (χ4n) is 2.87. The first-order valence-corrected chi connectivity index (χ1v) is 7.65. The molecule has 3 nitrogen and oxygen atoms in total. The Morgan fingerprint density at radius 2 is 1.89 bits per heavy atom. The lowest BCUT2D eigenvalue weighted by molar-refractivity contribution is 0.0697. The molecule has 5 heteroatoms. The molecule has 1 aliphatic carbocycles. The number of halogens is 2. The number of anilines is 1. The highest BCUT2D eigenvalue weighted by molar-refractivity contribution is 9.10. The van der Waals surface area contributed by atoms with Crippen LogP contribution in [-0.2, 0) is 0 Å². The molecular weight excluding hydrogens is 330 g/mol. The number of carboxylic acids is 1. The van der Waals surface area contributed by atoms with Gasteiger partial charge in [0.2, 0.25) is 0 Å². The summed E-state index contributed by atoms with van der Waals surface area (Å²) in [4.78, 5) is 13.5. The highest BCUT2D eigenvalue weighted by Gasteiger charge is 2.44. The Kier molecular flexibility index (Phi) is 3.26. The molecule has 1 aromatic carbocycles. The van der Waals surface area contributed by atoms with Crippen LogP contribution in [0.3, 0.4) is 0 Å². The molecule has 0 unspecified atom stereocenters. The van der Waals surface area contributed by atoms with Gasteiger partial charge in [0.05, 0.1) is 16.3 Å². The van der Waals surface area contributed by atoms with Crippen molar-refractivity contribution in [2.75, 3.05) is 18.0 Å². The molecule has 2 aliphatic rings. The third kappa shape index (κ3) is 2.48. The van der Waals surface area contributed by atoms with Crippen molar-refractivity contribution in [3.8, 4) is 0 Å². The highest BCUT2D eigenvalue weighted by atomic mass is 79.9. The van der Waals surface area contributed by atoms with Crippen molar-refractivity contribution in [1.82, 2.24) is 0 Å². The normalized spacial score (nSPS) is 20.6. The largest absolute Gasteiger partial charge is 0.478 e. The quantitative estimate of drug-likeness (QED) is 0.875.